The van der Waals surface area contributed by atoms with Crippen molar-refractivity contribution in [3.05, 3.63) is 35.4 Å². The second kappa shape index (κ2) is 6.94. The van der Waals surface area contributed by atoms with Gasteiger partial charge in [0.15, 0.2) is 0 Å². The zero-order valence-electron chi connectivity index (χ0n) is 10.9. The number of hydrogen-bond donors (Lipinski definition) is 2. The van der Waals surface area contributed by atoms with Gasteiger partial charge >= 0.3 is 6.03 Å². The number of amides is 2. The van der Waals surface area contributed by atoms with E-state index in [-0.39, 0.29) is 6.03 Å². The molecule has 1 aromatic rings. The molecular weight excluding hydrogens is 212 g/mol. The lowest BCUT2D eigenvalue weighted by Crippen LogP contribution is -2.38. The van der Waals surface area contributed by atoms with E-state index in [0.29, 0.717) is 12.5 Å². The minimum Gasteiger partial charge on any atom is -0.338 e. The molecule has 0 saturated heterocycles. The number of aryl methyl sites for hydroxylation is 1. The normalized spacial score (nSPS) is 10.4. The Hall–Kier alpha value is -1.51. The highest BCUT2D eigenvalue weighted by atomic mass is 16.2. The molecule has 0 aliphatic rings. The lowest BCUT2D eigenvalue weighted by Gasteiger charge is -2.09. The molecule has 3 nitrogen and oxygen atoms in total. The summed E-state index contributed by atoms with van der Waals surface area (Å²) < 4.78 is 0. The molecule has 0 unspecified atom stereocenters. The summed E-state index contributed by atoms with van der Waals surface area (Å²) in [5.74, 6) is 0.484. The molecule has 2 N–H and O–H groups in total. The summed E-state index contributed by atoms with van der Waals surface area (Å²) in [4.78, 5) is 11.4. The van der Waals surface area contributed by atoms with Crippen molar-refractivity contribution in [2.75, 3.05) is 13.1 Å². The maximum Gasteiger partial charge on any atom is 0.314 e. The molecule has 2 amide bonds. The van der Waals surface area contributed by atoms with Gasteiger partial charge in [-0.15, -0.1) is 0 Å². The van der Waals surface area contributed by atoms with E-state index < -0.39 is 0 Å². The van der Waals surface area contributed by atoms with Crippen LogP contribution >= 0.6 is 0 Å². The first-order chi connectivity index (χ1) is 8.08. The first-order valence-corrected chi connectivity index (χ1v) is 6.15. The van der Waals surface area contributed by atoms with Crippen LogP contribution < -0.4 is 10.6 Å². The predicted molar refractivity (Wildman–Crippen MR) is 71.1 cm³/mol. The average molecular weight is 234 g/mol. The lowest BCUT2D eigenvalue weighted by molar-refractivity contribution is 0.239. The van der Waals surface area contributed by atoms with E-state index >= 15 is 0 Å². The Balaban J connectivity index is 2.19. The van der Waals surface area contributed by atoms with Crippen molar-refractivity contribution in [3.63, 3.8) is 0 Å². The fourth-order valence-electron chi connectivity index (χ4n) is 1.43. The third kappa shape index (κ3) is 5.95. The van der Waals surface area contributed by atoms with Gasteiger partial charge in [0.1, 0.15) is 0 Å². The summed E-state index contributed by atoms with van der Waals surface area (Å²) in [5.41, 5.74) is 2.51. The number of benzene rings is 1. The Bertz CT molecular complexity index is 344. The van der Waals surface area contributed by atoms with Crippen LogP contribution in [0.15, 0.2) is 24.3 Å². The highest BCUT2D eigenvalue weighted by Crippen LogP contribution is 2.02. The van der Waals surface area contributed by atoms with Gasteiger partial charge in [-0.3, -0.25) is 0 Å². The maximum atomic E-state index is 11.4. The zero-order valence-corrected chi connectivity index (χ0v) is 10.9. The molecule has 0 fully saturated rings. The topological polar surface area (TPSA) is 41.1 Å². The highest BCUT2D eigenvalue weighted by molar-refractivity contribution is 5.73. The molecule has 1 aromatic carbocycles. The summed E-state index contributed by atoms with van der Waals surface area (Å²) >= 11 is 0. The number of hydrogen-bond acceptors (Lipinski definition) is 1. The molecule has 1 rings (SSSR count). The first-order valence-electron chi connectivity index (χ1n) is 6.15. The molecule has 0 aliphatic carbocycles. The van der Waals surface area contributed by atoms with Crippen LogP contribution in [0, 0.1) is 12.8 Å². The van der Waals surface area contributed by atoms with Crippen molar-refractivity contribution in [2.24, 2.45) is 5.92 Å². The largest absolute Gasteiger partial charge is 0.338 e. The molecule has 94 valence electrons. The monoisotopic (exact) mass is 234 g/mol. The lowest BCUT2D eigenvalue weighted by atomic mass is 10.1. The van der Waals surface area contributed by atoms with Crippen LogP contribution in [0.1, 0.15) is 25.0 Å². The number of nitrogens with one attached hydrogen (secondary N) is 2. The molecule has 3 heteroatoms. The number of rotatable bonds is 5. The molecule has 0 aliphatic heterocycles. The van der Waals surface area contributed by atoms with E-state index in [9.17, 15) is 4.79 Å². The van der Waals surface area contributed by atoms with Crippen LogP contribution in [0.25, 0.3) is 0 Å². The van der Waals surface area contributed by atoms with Gasteiger partial charge in [0.2, 0.25) is 0 Å². The van der Waals surface area contributed by atoms with Gasteiger partial charge in [0.25, 0.3) is 0 Å². The van der Waals surface area contributed by atoms with E-state index in [2.05, 4.69) is 55.7 Å². The second-order valence-corrected chi connectivity index (χ2v) is 4.77. The van der Waals surface area contributed by atoms with Gasteiger partial charge in [0.05, 0.1) is 0 Å². The zero-order chi connectivity index (χ0) is 12.7. The molecule has 0 spiro atoms. The van der Waals surface area contributed by atoms with Crippen molar-refractivity contribution >= 4 is 6.03 Å². The number of carbonyl (C=O) groups excluding carboxylic acids is 1. The predicted octanol–water partition coefficient (Wildman–Crippen LogP) is 2.49. The van der Waals surface area contributed by atoms with E-state index in [1.807, 2.05) is 0 Å². The Kier molecular flexibility index (Phi) is 5.53. The van der Waals surface area contributed by atoms with E-state index in [0.717, 1.165) is 13.0 Å². The van der Waals surface area contributed by atoms with Gasteiger partial charge in [-0.05, 0) is 24.8 Å². The Labute approximate surface area is 104 Å². The first kappa shape index (κ1) is 13.6. The minimum absolute atomic E-state index is 0.0780. The molecule has 0 saturated carbocycles. The van der Waals surface area contributed by atoms with Gasteiger partial charge < -0.3 is 10.6 Å². The van der Waals surface area contributed by atoms with Gasteiger partial charge in [-0.1, -0.05) is 43.7 Å². The van der Waals surface area contributed by atoms with Crippen LogP contribution in [-0.4, -0.2) is 19.1 Å². The molecule has 0 bridgehead atoms. The molecule has 0 heterocycles. The van der Waals surface area contributed by atoms with E-state index in [4.69, 9.17) is 0 Å². The Morgan fingerprint density at radius 1 is 1.18 bits per heavy atom. The summed E-state index contributed by atoms with van der Waals surface area (Å²) in [7, 11) is 0. The summed E-state index contributed by atoms with van der Waals surface area (Å²) in [6.45, 7) is 7.61. The summed E-state index contributed by atoms with van der Waals surface area (Å²) in [5, 5.41) is 5.68. The van der Waals surface area contributed by atoms with E-state index in [1.165, 1.54) is 11.1 Å². The molecule has 0 aromatic heterocycles. The van der Waals surface area contributed by atoms with Crippen molar-refractivity contribution in [2.45, 2.75) is 27.2 Å². The fourth-order valence-corrected chi connectivity index (χ4v) is 1.43. The van der Waals surface area contributed by atoms with Crippen molar-refractivity contribution < 1.29 is 4.79 Å². The summed E-state index contributed by atoms with van der Waals surface area (Å²) in [6, 6.07) is 8.31. The SMILES string of the molecule is Cc1ccc(CCNC(=O)NCC(C)C)cc1. The third-order valence-electron chi connectivity index (χ3n) is 2.49. The Morgan fingerprint density at radius 2 is 1.82 bits per heavy atom. The van der Waals surface area contributed by atoms with Gasteiger partial charge in [0, 0.05) is 13.1 Å². The van der Waals surface area contributed by atoms with Crippen LogP contribution in [0.5, 0.6) is 0 Å². The van der Waals surface area contributed by atoms with Crippen LogP contribution in [0.3, 0.4) is 0 Å². The molecule has 0 atom stereocenters. The van der Waals surface area contributed by atoms with Crippen LogP contribution in [0.4, 0.5) is 4.79 Å². The van der Waals surface area contributed by atoms with Gasteiger partial charge in [-0.2, -0.15) is 0 Å². The standard InChI is InChI=1S/C14H22N2O/c1-11(2)10-16-14(17)15-9-8-13-6-4-12(3)5-7-13/h4-7,11H,8-10H2,1-3H3,(H2,15,16,17). The van der Waals surface area contributed by atoms with Crippen molar-refractivity contribution in [1.82, 2.24) is 10.6 Å². The van der Waals surface area contributed by atoms with Crippen molar-refractivity contribution in [3.8, 4) is 0 Å². The van der Waals surface area contributed by atoms with Crippen molar-refractivity contribution in [1.29, 1.82) is 0 Å². The van der Waals surface area contributed by atoms with Crippen LogP contribution in [0.2, 0.25) is 0 Å². The fraction of sp³-hybridized carbons (Fsp3) is 0.500. The number of carbonyl (C=O) groups is 1. The van der Waals surface area contributed by atoms with Gasteiger partial charge in [-0.25, -0.2) is 4.79 Å². The molecule has 17 heavy (non-hydrogen) atoms. The highest BCUT2D eigenvalue weighted by Gasteiger charge is 2.00. The second-order valence-electron chi connectivity index (χ2n) is 4.77. The Morgan fingerprint density at radius 3 is 2.41 bits per heavy atom. The summed E-state index contributed by atoms with van der Waals surface area (Å²) in [6.07, 6.45) is 0.870. The molecular formula is C14H22N2O. The van der Waals surface area contributed by atoms with Crippen LogP contribution in [-0.2, 0) is 6.42 Å². The number of urea groups is 1. The van der Waals surface area contributed by atoms with E-state index in [1.54, 1.807) is 0 Å². The smallest absolute Gasteiger partial charge is 0.314 e. The average Bonchev–Trinajstić information content (AvgIpc) is 2.29. The quantitative estimate of drug-likeness (QED) is 0.807. The third-order valence-corrected chi connectivity index (χ3v) is 2.49. The maximum absolute atomic E-state index is 11.4. The minimum atomic E-state index is -0.0780. The molecule has 0 radical (unpaired) electrons.